The normalized spacial score (nSPS) is 14.7. The van der Waals surface area contributed by atoms with Gasteiger partial charge in [-0.05, 0) is 43.2 Å². The minimum absolute atomic E-state index is 0.0457. The molecule has 7 nitrogen and oxygen atoms in total. The molecule has 1 aliphatic carbocycles. The van der Waals surface area contributed by atoms with Crippen LogP contribution in [0.15, 0.2) is 47.5 Å². The van der Waals surface area contributed by atoms with E-state index in [0.717, 1.165) is 25.7 Å². The Bertz CT molecular complexity index is 900. The summed E-state index contributed by atoms with van der Waals surface area (Å²) in [4.78, 5) is 15.8. The quantitative estimate of drug-likeness (QED) is 0.732. The van der Waals surface area contributed by atoms with Gasteiger partial charge in [0.25, 0.3) is 15.9 Å². The molecule has 0 aliphatic heterocycles. The minimum atomic E-state index is -3.99. The Morgan fingerprint density at radius 2 is 2.00 bits per heavy atom. The number of hydrogen-bond acceptors (Lipinski definition) is 5. The Hall–Kier alpha value is -2.32. The van der Waals surface area contributed by atoms with Crippen molar-refractivity contribution in [2.75, 3.05) is 11.3 Å². The third-order valence-corrected chi connectivity index (χ3v) is 5.79. The number of benzene rings is 1. The zero-order valence-corrected chi connectivity index (χ0v) is 16.1. The molecule has 1 aromatic carbocycles. The highest BCUT2D eigenvalue weighted by molar-refractivity contribution is 7.92. The van der Waals surface area contributed by atoms with Crippen molar-refractivity contribution in [3.8, 4) is 5.75 Å². The van der Waals surface area contributed by atoms with Gasteiger partial charge in [0.05, 0.1) is 0 Å². The number of pyridine rings is 1. The molecule has 0 bridgehead atoms. The van der Waals surface area contributed by atoms with Crippen LogP contribution >= 0.6 is 11.6 Å². The fraction of sp³-hybridized carbons (Fsp3) is 0.333. The van der Waals surface area contributed by atoms with E-state index in [0.29, 0.717) is 0 Å². The van der Waals surface area contributed by atoms with Crippen molar-refractivity contribution in [3.63, 3.8) is 0 Å². The van der Waals surface area contributed by atoms with Crippen LogP contribution in [0.1, 0.15) is 25.7 Å². The molecule has 1 amide bonds. The third kappa shape index (κ3) is 5.33. The average molecular weight is 410 g/mol. The summed E-state index contributed by atoms with van der Waals surface area (Å²) in [5, 5.41) is 3.13. The summed E-state index contributed by atoms with van der Waals surface area (Å²) >= 11 is 5.96. The van der Waals surface area contributed by atoms with E-state index in [-0.39, 0.29) is 40.0 Å². The molecule has 0 atom stereocenters. The molecular formula is C18H20ClN3O4S. The van der Waals surface area contributed by atoms with Crippen molar-refractivity contribution in [3.05, 3.63) is 47.6 Å². The van der Waals surface area contributed by atoms with E-state index in [9.17, 15) is 13.2 Å². The van der Waals surface area contributed by atoms with E-state index in [2.05, 4.69) is 15.0 Å². The smallest absolute Gasteiger partial charge is 0.266 e. The lowest BCUT2D eigenvalue weighted by atomic mass is 10.2. The SMILES string of the molecule is O=C(COc1ccc(Cl)cc1S(=O)(=O)Nc1ccccn1)NC1CCCC1. The highest BCUT2D eigenvalue weighted by Crippen LogP contribution is 2.28. The van der Waals surface area contributed by atoms with Gasteiger partial charge in [-0.3, -0.25) is 9.52 Å². The summed E-state index contributed by atoms with van der Waals surface area (Å²) in [6, 6.07) is 9.24. The number of nitrogens with zero attached hydrogens (tertiary/aromatic N) is 1. The van der Waals surface area contributed by atoms with E-state index in [1.165, 1.54) is 30.5 Å². The van der Waals surface area contributed by atoms with Crippen LogP contribution in [0, 0.1) is 0 Å². The Balaban J connectivity index is 1.73. The number of aromatic nitrogens is 1. The maximum Gasteiger partial charge on any atom is 0.266 e. The molecule has 0 spiro atoms. The van der Waals surface area contributed by atoms with E-state index in [4.69, 9.17) is 16.3 Å². The number of amides is 1. The van der Waals surface area contributed by atoms with Gasteiger partial charge < -0.3 is 10.1 Å². The summed E-state index contributed by atoms with van der Waals surface area (Å²) < 4.78 is 33.3. The topological polar surface area (TPSA) is 97.4 Å². The van der Waals surface area contributed by atoms with E-state index in [1.54, 1.807) is 12.1 Å². The molecule has 9 heteroatoms. The lowest BCUT2D eigenvalue weighted by Gasteiger charge is -2.15. The minimum Gasteiger partial charge on any atom is -0.482 e. The molecule has 0 saturated heterocycles. The van der Waals surface area contributed by atoms with Gasteiger partial charge in [0.15, 0.2) is 6.61 Å². The van der Waals surface area contributed by atoms with E-state index in [1.807, 2.05) is 0 Å². The second-order valence-electron chi connectivity index (χ2n) is 6.25. The summed E-state index contributed by atoms with van der Waals surface area (Å²) in [6.45, 7) is -0.274. The molecule has 1 saturated carbocycles. The number of nitrogens with one attached hydrogen (secondary N) is 2. The van der Waals surface area contributed by atoms with Gasteiger partial charge in [-0.25, -0.2) is 13.4 Å². The monoisotopic (exact) mass is 409 g/mol. The molecule has 144 valence electrons. The standard InChI is InChI=1S/C18H20ClN3O4S/c19-13-8-9-15(26-12-18(23)21-14-5-1-2-6-14)16(11-13)27(24,25)22-17-7-3-4-10-20-17/h3-4,7-11,14H,1-2,5-6,12H2,(H,20,22)(H,21,23). The van der Waals surface area contributed by atoms with Crippen LogP contribution < -0.4 is 14.8 Å². The summed E-state index contributed by atoms with van der Waals surface area (Å²) in [5.74, 6) is -0.0651. The van der Waals surface area contributed by atoms with Gasteiger partial charge >= 0.3 is 0 Å². The number of ether oxygens (including phenoxy) is 1. The summed E-state index contributed by atoms with van der Waals surface area (Å²) in [7, 11) is -3.99. The third-order valence-electron chi connectivity index (χ3n) is 4.18. The first-order chi connectivity index (χ1) is 12.9. The van der Waals surface area contributed by atoms with Crippen molar-refractivity contribution in [2.24, 2.45) is 0 Å². The molecule has 3 rings (SSSR count). The van der Waals surface area contributed by atoms with Gasteiger partial charge in [0, 0.05) is 17.3 Å². The molecule has 1 fully saturated rings. The fourth-order valence-corrected chi connectivity index (χ4v) is 4.33. The largest absolute Gasteiger partial charge is 0.482 e. The van der Waals surface area contributed by atoms with E-state index >= 15 is 0 Å². The molecule has 2 aromatic rings. The summed E-state index contributed by atoms with van der Waals surface area (Å²) in [6.07, 6.45) is 5.59. The number of sulfonamides is 1. The number of anilines is 1. The second kappa shape index (κ2) is 8.58. The van der Waals surface area contributed by atoms with Crippen LogP contribution in [-0.4, -0.2) is 32.0 Å². The summed E-state index contributed by atoms with van der Waals surface area (Å²) in [5.41, 5.74) is 0. The molecular weight excluding hydrogens is 390 g/mol. The Morgan fingerprint density at radius 3 is 2.70 bits per heavy atom. The molecule has 1 heterocycles. The highest BCUT2D eigenvalue weighted by atomic mass is 35.5. The van der Waals surface area contributed by atoms with Crippen LogP contribution in [0.4, 0.5) is 5.82 Å². The first kappa shape index (κ1) is 19.4. The average Bonchev–Trinajstić information content (AvgIpc) is 3.14. The molecule has 1 aliphatic rings. The zero-order valence-electron chi connectivity index (χ0n) is 14.5. The van der Waals surface area contributed by atoms with Crippen LogP contribution in [0.25, 0.3) is 0 Å². The van der Waals surface area contributed by atoms with E-state index < -0.39 is 10.0 Å². The van der Waals surface area contributed by atoms with Crippen molar-refractivity contribution >= 4 is 33.3 Å². The lowest BCUT2D eigenvalue weighted by Crippen LogP contribution is -2.36. The van der Waals surface area contributed by atoms with Gasteiger partial charge in [0.2, 0.25) is 0 Å². The van der Waals surface area contributed by atoms with Crippen molar-refractivity contribution in [1.82, 2.24) is 10.3 Å². The van der Waals surface area contributed by atoms with Crippen molar-refractivity contribution in [1.29, 1.82) is 0 Å². The predicted molar refractivity (Wildman–Crippen MR) is 102 cm³/mol. The van der Waals surface area contributed by atoms with Crippen LogP contribution in [-0.2, 0) is 14.8 Å². The predicted octanol–water partition coefficient (Wildman–Crippen LogP) is 2.97. The zero-order chi connectivity index (χ0) is 19.3. The Kier molecular flexibility index (Phi) is 6.18. The van der Waals surface area contributed by atoms with Gasteiger partial charge in [-0.2, -0.15) is 0 Å². The fourth-order valence-electron chi connectivity index (χ4n) is 2.91. The number of rotatable bonds is 7. The molecule has 1 aromatic heterocycles. The molecule has 0 unspecified atom stereocenters. The molecule has 0 radical (unpaired) electrons. The lowest BCUT2D eigenvalue weighted by molar-refractivity contribution is -0.123. The first-order valence-corrected chi connectivity index (χ1v) is 10.5. The van der Waals surface area contributed by atoms with Gasteiger partial charge in [0.1, 0.15) is 16.5 Å². The highest BCUT2D eigenvalue weighted by Gasteiger charge is 2.22. The maximum atomic E-state index is 12.7. The van der Waals surface area contributed by atoms with Crippen LogP contribution in [0.5, 0.6) is 5.75 Å². The van der Waals surface area contributed by atoms with Crippen LogP contribution in [0.3, 0.4) is 0 Å². The Labute approximate surface area is 163 Å². The number of hydrogen-bond donors (Lipinski definition) is 2. The second-order valence-corrected chi connectivity index (χ2v) is 8.34. The van der Waals surface area contributed by atoms with Gasteiger partial charge in [-0.15, -0.1) is 0 Å². The molecule has 2 N–H and O–H groups in total. The maximum absolute atomic E-state index is 12.7. The molecule has 27 heavy (non-hydrogen) atoms. The number of carbonyl (C=O) groups is 1. The van der Waals surface area contributed by atoms with Gasteiger partial charge in [-0.1, -0.05) is 30.5 Å². The number of carbonyl (C=O) groups excluding carboxylic acids is 1. The van der Waals surface area contributed by atoms with Crippen molar-refractivity contribution < 1.29 is 17.9 Å². The van der Waals surface area contributed by atoms with Crippen molar-refractivity contribution in [2.45, 2.75) is 36.6 Å². The first-order valence-electron chi connectivity index (χ1n) is 8.59. The Morgan fingerprint density at radius 1 is 1.22 bits per heavy atom. The number of halogens is 1. The van der Waals surface area contributed by atoms with Crippen LogP contribution in [0.2, 0.25) is 5.02 Å².